The Morgan fingerprint density at radius 2 is 2.53 bits per heavy atom. The molecule has 0 radical (unpaired) electrons. The van der Waals surface area contributed by atoms with Gasteiger partial charge < -0.3 is 15.0 Å². The molecule has 0 aliphatic carbocycles. The van der Waals surface area contributed by atoms with Gasteiger partial charge in [0, 0.05) is 32.6 Å². The van der Waals surface area contributed by atoms with Gasteiger partial charge in [-0.1, -0.05) is 6.08 Å². The minimum absolute atomic E-state index is 0.546. The van der Waals surface area contributed by atoms with E-state index in [1.807, 2.05) is 11.6 Å². The van der Waals surface area contributed by atoms with Crippen LogP contribution in [0.5, 0.6) is 0 Å². The highest BCUT2D eigenvalue weighted by Gasteiger charge is 1.98. The zero-order valence-corrected chi connectivity index (χ0v) is 8.55. The number of aromatic nitrogens is 3. The molecule has 0 aliphatic rings. The van der Waals surface area contributed by atoms with Crippen LogP contribution < -0.4 is 5.32 Å². The monoisotopic (exact) mass is 210 g/mol. The first kappa shape index (κ1) is 11.4. The van der Waals surface area contributed by atoms with Crippen LogP contribution in [0.3, 0.4) is 0 Å². The number of hydrogen-bond donors (Lipinski definition) is 2. The van der Waals surface area contributed by atoms with Gasteiger partial charge in [0.25, 0.3) is 0 Å². The van der Waals surface area contributed by atoms with E-state index < -0.39 is 5.97 Å². The summed E-state index contributed by atoms with van der Waals surface area (Å²) < 4.78 is 1.86. The molecule has 82 valence electrons. The Morgan fingerprint density at radius 3 is 3.13 bits per heavy atom. The Bertz CT molecular complexity index is 346. The molecule has 1 heterocycles. The van der Waals surface area contributed by atoms with Crippen molar-refractivity contribution in [3.8, 4) is 0 Å². The van der Waals surface area contributed by atoms with Crippen LogP contribution in [0.1, 0.15) is 5.82 Å². The standard InChI is InChI=1S/C9H14N4O2/c1-13-7-11-12-8(13)4-6-10-5-2-3-9(14)15/h2-3,7,10H,4-6H2,1H3,(H,14,15)/b3-2+. The van der Waals surface area contributed by atoms with Crippen molar-refractivity contribution in [3.63, 3.8) is 0 Å². The largest absolute Gasteiger partial charge is 0.478 e. The van der Waals surface area contributed by atoms with Crippen molar-refractivity contribution in [1.82, 2.24) is 20.1 Å². The van der Waals surface area contributed by atoms with Crippen LogP contribution in [-0.2, 0) is 18.3 Å². The summed E-state index contributed by atoms with van der Waals surface area (Å²) in [6.45, 7) is 1.29. The lowest BCUT2D eigenvalue weighted by Gasteiger charge is -2.00. The molecule has 6 nitrogen and oxygen atoms in total. The van der Waals surface area contributed by atoms with E-state index in [0.29, 0.717) is 6.54 Å². The minimum Gasteiger partial charge on any atom is -0.478 e. The number of aryl methyl sites for hydroxylation is 1. The van der Waals surface area contributed by atoms with E-state index in [1.165, 1.54) is 0 Å². The van der Waals surface area contributed by atoms with Crippen molar-refractivity contribution in [1.29, 1.82) is 0 Å². The molecule has 2 N–H and O–H groups in total. The number of carboxylic acids is 1. The van der Waals surface area contributed by atoms with Gasteiger partial charge in [-0.2, -0.15) is 0 Å². The Morgan fingerprint density at radius 1 is 1.73 bits per heavy atom. The molecule has 0 aromatic carbocycles. The molecule has 0 atom stereocenters. The molecule has 0 fully saturated rings. The molecular formula is C9H14N4O2. The summed E-state index contributed by atoms with van der Waals surface area (Å²) >= 11 is 0. The summed E-state index contributed by atoms with van der Waals surface area (Å²) in [7, 11) is 1.89. The number of carboxylic acid groups (broad SMARTS) is 1. The van der Waals surface area contributed by atoms with E-state index in [0.717, 1.165) is 24.9 Å². The topological polar surface area (TPSA) is 80.0 Å². The first-order chi connectivity index (χ1) is 7.20. The van der Waals surface area contributed by atoms with Crippen molar-refractivity contribution < 1.29 is 9.90 Å². The maximum atomic E-state index is 10.1. The third-order valence-electron chi connectivity index (χ3n) is 1.85. The van der Waals surface area contributed by atoms with Gasteiger partial charge in [-0.05, 0) is 0 Å². The van der Waals surface area contributed by atoms with Crippen molar-refractivity contribution in [2.24, 2.45) is 7.05 Å². The number of nitrogens with zero attached hydrogens (tertiary/aromatic N) is 3. The summed E-state index contributed by atoms with van der Waals surface area (Å²) in [5.41, 5.74) is 0. The molecule has 15 heavy (non-hydrogen) atoms. The van der Waals surface area contributed by atoms with Crippen LogP contribution in [0.4, 0.5) is 0 Å². The van der Waals surface area contributed by atoms with Gasteiger partial charge in [0.2, 0.25) is 0 Å². The molecule has 0 aliphatic heterocycles. The predicted molar refractivity (Wildman–Crippen MR) is 54.4 cm³/mol. The first-order valence-electron chi connectivity index (χ1n) is 4.63. The van der Waals surface area contributed by atoms with Crippen LogP contribution >= 0.6 is 0 Å². The Balaban J connectivity index is 2.12. The molecule has 1 aromatic heterocycles. The highest BCUT2D eigenvalue weighted by Crippen LogP contribution is 1.90. The number of hydrogen-bond acceptors (Lipinski definition) is 4. The van der Waals surface area contributed by atoms with Crippen molar-refractivity contribution in [2.75, 3.05) is 13.1 Å². The van der Waals surface area contributed by atoms with E-state index in [2.05, 4.69) is 15.5 Å². The van der Waals surface area contributed by atoms with Crippen LogP contribution in [0, 0.1) is 0 Å². The average molecular weight is 210 g/mol. The van der Waals surface area contributed by atoms with E-state index in [1.54, 1.807) is 12.4 Å². The van der Waals surface area contributed by atoms with Gasteiger partial charge in [-0.15, -0.1) is 10.2 Å². The fraction of sp³-hybridized carbons (Fsp3) is 0.444. The molecule has 0 spiro atoms. The molecule has 0 amide bonds. The number of aliphatic carboxylic acids is 1. The maximum Gasteiger partial charge on any atom is 0.328 e. The zero-order valence-electron chi connectivity index (χ0n) is 8.55. The summed E-state index contributed by atoms with van der Waals surface area (Å²) in [6.07, 6.45) is 5.12. The lowest BCUT2D eigenvalue weighted by molar-refractivity contribution is -0.131. The quantitative estimate of drug-likeness (QED) is 0.493. The Labute approximate surface area is 87.6 Å². The second kappa shape index (κ2) is 5.92. The molecule has 0 unspecified atom stereocenters. The molecule has 0 saturated carbocycles. The molecule has 1 rings (SSSR count). The third-order valence-corrected chi connectivity index (χ3v) is 1.85. The smallest absolute Gasteiger partial charge is 0.328 e. The van der Waals surface area contributed by atoms with Gasteiger partial charge in [-0.3, -0.25) is 0 Å². The second-order valence-electron chi connectivity index (χ2n) is 3.05. The van der Waals surface area contributed by atoms with Crippen molar-refractivity contribution in [3.05, 3.63) is 24.3 Å². The molecule has 0 bridgehead atoms. The van der Waals surface area contributed by atoms with Crippen LogP contribution in [0.2, 0.25) is 0 Å². The van der Waals surface area contributed by atoms with Crippen molar-refractivity contribution in [2.45, 2.75) is 6.42 Å². The lowest BCUT2D eigenvalue weighted by atomic mass is 10.4. The summed E-state index contributed by atoms with van der Waals surface area (Å²) in [5, 5.41) is 19.1. The fourth-order valence-electron chi connectivity index (χ4n) is 1.08. The Hall–Kier alpha value is -1.69. The van der Waals surface area contributed by atoms with Crippen LogP contribution in [0.25, 0.3) is 0 Å². The van der Waals surface area contributed by atoms with Crippen molar-refractivity contribution >= 4 is 5.97 Å². The Kier molecular flexibility index (Phi) is 4.49. The van der Waals surface area contributed by atoms with E-state index in [9.17, 15) is 4.79 Å². The van der Waals surface area contributed by atoms with E-state index in [4.69, 9.17) is 5.11 Å². The second-order valence-corrected chi connectivity index (χ2v) is 3.05. The molecule has 6 heteroatoms. The summed E-state index contributed by atoms with van der Waals surface area (Å²) in [6, 6.07) is 0. The highest BCUT2D eigenvalue weighted by atomic mass is 16.4. The average Bonchev–Trinajstić information content (AvgIpc) is 2.57. The molecule has 1 aromatic rings. The van der Waals surface area contributed by atoms with Gasteiger partial charge in [0.05, 0.1) is 0 Å². The van der Waals surface area contributed by atoms with E-state index in [-0.39, 0.29) is 0 Å². The van der Waals surface area contributed by atoms with Gasteiger partial charge in [0.15, 0.2) is 0 Å². The summed E-state index contributed by atoms with van der Waals surface area (Å²) in [5.74, 6) is -0.0187. The normalized spacial score (nSPS) is 11.0. The SMILES string of the molecule is Cn1cnnc1CCNC/C=C/C(=O)O. The van der Waals surface area contributed by atoms with Crippen LogP contribution in [-0.4, -0.2) is 38.9 Å². The maximum absolute atomic E-state index is 10.1. The molecular weight excluding hydrogens is 196 g/mol. The highest BCUT2D eigenvalue weighted by molar-refractivity contribution is 5.79. The number of carbonyl (C=O) groups is 1. The predicted octanol–water partition coefficient (Wildman–Crippen LogP) is -0.412. The van der Waals surface area contributed by atoms with Crippen LogP contribution in [0.15, 0.2) is 18.5 Å². The zero-order chi connectivity index (χ0) is 11.1. The number of rotatable bonds is 6. The summed E-state index contributed by atoms with van der Waals surface area (Å²) in [4.78, 5) is 10.1. The van der Waals surface area contributed by atoms with Gasteiger partial charge in [-0.25, -0.2) is 4.79 Å². The van der Waals surface area contributed by atoms with Gasteiger partial charge >= 0.3 is 5.97 Å². The van der Waals surface area contributed by atoms with E-state index >= 15 is 0 Å². The third kappa shape index (κ3) is 4.37. The minimum atomic E-state index is -0.926. The number of nitrogens with one attached hydrogen (secondary N) is 1. The van der Waals surface area contributed by atoms with Gasteiger partial charge in [0.1, 0.15) is 12.2 Å². The lowest BCUT2D eigenvalue weighted by Crippen LogP contribution is -2.18. The molecule has 0 saturated heterocycles. The first-order valence-corrected chi connectivity index (χ1v) is 4.63. The fourth-order valence-corrected chi connectivity index (χ4v) is 1.08.